The van der Waals surface area contributed by atoms with Crippen molar-refractivity contribution in [1.82, 2.24) is 0 Å². The smallest absolute Gasteiger partial charge is 0.131 e. The van der Waals surface area contributed by atoms with Crippen molar-refractivity contribution in [1.29, 1.82) is 0 Å². The highest BCUT2D eigenvalue weighted by Gasteiger charge is 2.26. The lowest BCUT2D eigenvalue weighted by atomic mass is 9.80. The first-order chi connectivity index (χ1) is 8.99. The Hall–Kier alpha value is -1.09. The molecule has 0 spiro atoms. The predicted octanol–water partition coefficient (Wildman–Crippen LogP) is 4.05. The second-order valence-corrected chi connectivity index (χ2v) is 5.95. The van der Waals surface area contributed by atoms with Gasteiger partial charge in [-0.1, -0.05) is 19.9 Å². The van der Waals surface area contributed by atoms with E-state index in [1.54, 1.807) is 13.0 Å². The molecule has 0 aromatic heterocycles. The van der Waals surface area contributed by atoms with Crippen LogP contribution in [0.1, 0.15) is 51.6 Å². The molecule has 106 valence electrons. The zero-order valence-corrected chi connectivity index (χ0v) is 12.0. The minimum atomic E-state index is -0.351. The molecule has 2 nitrogen and oxygen atoms in total. The Morgan fingerprint density at radius 1 is 1.26 bits per heavy atom. The number of nitrogens with two attached hydrogens (primary N) is 1. The first-order valence-electron chi connectivity index (χ1n) is 7.19. The van der Waals surface area contributed by atoms with Gasteiger partial charge in [-0.25, -0.2) is 4.39 Å². The summed E-state index contributed by atoms with van der Waals surface area (Å²) in [4.78, 5) is 0. The first-order valence-corrected chi connectivity index (χ1v) is 7.19. The quantitative estimate of drug-likeness (QED) is 0.895. The SMILES string of the molecule is CC(N)c1c(F)cccc1OC1CCC(C)C(C)C1. The van der Waals surface area contributed by atoms with Gasteiger partial charge in [-0.05, 0) is 50.2 Å². The summed E-state index contributed by atoms with van der Waals surface area (Å²) in [7, 11) is 0. The van der Waals surface area contributed by atoms with Gasteiger partial charge in [0.25, 0.3) is 0 Å². The van der Waals surface area contributed by atoms with Crippen LogP contribution in [-0.2, 0) is 0 Å². The monoisotopic (exact) mass is 265 g/mol. The van der Waals surface area contributed by atoms with Gasteiger partial charge >= 0.3 is 0 Å². The van der Waals surface area contributed by atoms with E-state index in [4.69, 9.17) is 10.5 Å². The van der Waals surface area contributed by atoms with E-state index in [1.807, 2.05) is 6.07 Å². The largest absolute Gasteiger partial charge is 0.490 e. The maximum atomic E-state index is 13.8. The Morgan fingerprint density at radius 2 is 2.00 bits per heavy atom. The Morgan fingerprint density at radius 3 is 2.63 bits per heavy atom. The van der Waals surface area contributed by atoms with Crippen LogP contribution in [0.4, 0.5) is 4.39 Å². The second-order valence-electron chi connectivity index (χ2n) is 5.95. The van der Waals surface area contributed by atoms with E-state index in [-0.39, 0.29) is 18.0 Å². The third kappa shape index (κ3) is 3.27. The fraction of sp³-hybridized carbons (Fsp3) is 0.625. The zero-order chi connectivity index (χ0) is 14.0. The first kappa shape index (κ1) is 14.3. The van der Waals surface area contributed by atoms with E-state index < -0.39 is 0 Å². The molecule has 2 rings (SSSR count). The van der Waals surface area contributed by atoms with Crippen molar-refractivity contribution < 1.29 is 9.13 Å². The Balaban J connectivity index is 2.13. The molecule has 1 aromatic rings. The van der Waals surface area contributed by atoms with Crippen molar-refractivity contribution in [2.45, 2.75) is 52.2 Å². The van der Waals surface area contributed by atoms with Gasteiger partial charge in [0.05, 0.1) is 6.10 Å². The van der Waals surface area contributed by atoms with E-state index in [0.29, 0.717) is 17.2 Å². The van der Waals surface area contributed by atoms with Crippen LogP contribution in [0.3, 0.4) is 0 Å². The maximum Gasteiger partial charge on any atom is 0.131 e. The van der Waals surface area contributed by atoms with Crippen LogP contribution in [0.5, 0.6) is 5.75 Å². The number of hydrogen-bond acceptors (Lipinski definition) is 2. The van der Waals surface area contributed by atoms with Crippen molar-refractivity contribution in [2.24, 2.45) is 17.6 Å². The molecule has 1 aliphatic carbocycles. The average molecular weight is 265 g/mol. The van der Waals surface area contributed by atoms with Crippen LogP contribution in [-0.4, -0.2) is 6.10 Å². The summed E-state index contributed by atoms with van der Waals surface area (Å²) in [6.07, 6.45) is 3.44. The van der Waals surface area contributed by atoms with Crippen LogP contribution in [0.25, 0.3) is 0 Å². The van der Waals surface area contributed by atoms with Crippen molar-refractivity contribution in [3.05, 3.63) is 29.6 Å². The van der Waals surface area contributed by atoms with Crippen molar-refractivity contribution in [3.63, 3.8) is 0 Å². The van der Waals surface area contributed by atoms with Gasteiger partial charge in [0.15, 0.2) is 0 Å². The van der Waals surface area contributed by atoms with Crippen LogP contribution in [0.15, 0.2) is 18.2 Å². The molecule has 3 heteroatoms. The van der Waals surface area contributed by atoms with Gasteiger partial charge in [0.1, 0.15) is 11.6 Å². The lowest BCUT2D eigenvalue weighted by molar-refractivity contribution is 0.0990. The third-order valence-corrected chi connectivity index (χ3v) is 4.31. The van der Waals surface area contributed by atoms with Gasteiger partial charge in [0, 0.05) is 11.6 Å². The Labute approximate surface area is 115 Å². The molecule has 0 heterocycles. The normalized spacial score (nSPS) is 29.0. The molecule has 2 N–H and O–H groups in total. The van der Waals surface area contributed by atoms with Crippen molar-refractivity contribution in [2.75, 3.05) is 0 Å². The molecule has 1 aliphatic rings. The number of benzene rings is 1. The molecular formula is C16H24FNO. The highest BCUT2D eigenvalue weighted by molar-refractivity contribution is 5.37. The molecule has 4 atom stereocenters. The molecular weight excluding hydrogens is 241 g/mol. The molecule has 1 fully saturated rings. The molecule has 0 bridgehead atoms. The maximum absolute atomic E-state index is 13.8. The summed E-state index contributed by atoms with van der Waals surface area (Å²) in [5.74, 6) is 1.75. The summed E-state index contributed by atoms with van der Waals surface area (Å²) in [5, 5.41) is 0. The lowest BCUT2D eigenvalue weighted by Gasteiger charge is -2.33. The number of ether oxygens (including phenoxy) is 1. The summed E-state index contributed by atoms with van der Waals surface area (Å²) in [5.41, 5.74) is 6.34. The second kappa shape index (κ2) is 5.91. The molecule has 0 amide bonds. The molecule has 4 unspecified atom stereocenters. The average Bonchev–Trinajstić information content (AvgIpc) is 2.33. The minimum absolute atomic E-state index is 0.186. The van der Waals surface area contributed by atoms with Crippen LogP contribution >= 0.6 is 0 Å². The van der Waals surface area contributed by atoms with E-state index in [2.05, 4.69) is 13.8 Å². The van der Waals surface area contributed by atoms with Gasteiger partial charge in [-0.2, -0.15) is 0 Å². The zero-order valence-electron chi connectivity index (χ0n) is 12.0. The molecule has 1 saturated carbocycles. The van der Waals surface area contributed by atoms with Gasteiger partial charge in [-0.15, -0.1) is 0 Å². The molecule has 0 saturated heterocycles. The topological polar surface area (TPSA) is 35.2 Å². The van der Waals surface area contributed by atoms with Crippen LogP contribution < -0.4 is 10.5 Å². The summed E-state index contributed by atoms with van der Waals surface area (Å²) in [6.45, 7) is 6.34. The van der Waals surface area contributed by atoms with E-state index in [9.17, 15) is 4.39 Å². The molecule has 0 radical (unpaired) electrons. The van der Waals surface area contributed by atoms with Crippen molar-refractivity contribution >= 4 is 0 Å². The highest BCUT2D eigenvalue weighted by atomic mass is 19.1. The standard InChI is InChI=1S/C16H24FNO/c1-10-7-8-13(9-11(10)2)19-15-6-4-5-14(17)16(15)12(3)18/h4-6,10-13H,7-9,18H2,1-3H3. The minimum Gasteiger partial charge on any atom is -0.490 e. The van der Waals surface area contributed by atoms with Crippen molar-refractivity contribution in [3.8, 4) is 5.75 Å². The Kier molecular flexibility index (Phi) is 4.46. The number of halogens is 1. The number of rotatable bonds is 3. The summed E-state index contributed by atoms with van der Waals surface area (Å²) < 4.78 is 19.9. The summed E-state index contributed by atoms with van der Waals surface area (Å²) in [6, 6.07) is 4.60. The van der Waals surface area contributed by atoms with E-state index in [0.717, 1.165) is 18.8 Å². The predicted molar refractivity (Wildman–Crippen MR) is 75.6 cm³/mol. The van der Waals surface area contributed by atoms with Gasteiger partial charge in [0.2, 0.25) is 0 Å². The third-order valence-electron chi connectivity index (χ3n) is 4.31. The van der Waals surface area contributed by atoms with Crippen LogP contribution in [0.2, 0.25) is 0 Å². The van der Waals surface area contributed by atoms with Gasteiger partial charge in [-0.3, -0.25) is 0 Å². The van der Waals surface area contributed by atoms with E-state index in [1.165, 1.54) is 12.5 Å². The van der Waals surface area contributed by atoms with E-state index >= 15 is 0 Å². The fourth-order valence-electron chi connectivity index (χ4n) is 2.85. The Bertz CT molecular complexity index is 433. The number of hydrogen-bond donors (Lipinski definition) is 1. The van der Waals surface area contributed by atoms with Crippen LogP contribution in [0, 0.1) is 17.7 Å². The van der Waals surface area contributed by atoms with Gasteiger partial charge < -0.3 is 10.5 Å². The summed E-state index contributed by atoms with van der Waals surface area (Å²) >= 11 is 0. The lowest BCUT2D eigenvalue weighted by Crippen LogP contribution is -2.29. The molecule has 1 aromatic carbocycles. The molecule has 0 aliphatic heterocycles. The highest BCUT2D eigenvalue weighted by Crippen LogP contribution is 2.34. The molecule has 19 heavy (non-hydrogen) atoms. The fourth-order valence-corrected chi connectivity index (χ4v) is 2.85.